The van der Waals surface area contributed by atoms with Gasteiger partial charge >= 0.3 is 6.03 Å². The van der Waals surface area contributed by atoms with Crippen LogP contribution in [0.1, 0.15) is 28.7 Å². The first kappa shape index (κ1) is 16.9. The zero-order valence-electron chi connectivity index (χ0n) is 14.2. The van der Waals surface area contributed by atoms with E-state index in [0.29, 0.717) is 16.9 Å². The average Bonchev–Trinajstić information content (AvgIpc) is 3.00. The molecule has 0 spiro atoms. The summed E-state index contributed by atoms with van der Waals surface area (Å²) in [6, 6.07) is 5.68. The molecule has 1 aromatic heterocycles. The van der Waals surface area contributed by atoms with Crippen LogP contribution in [0.5, 0.6) is 0 Å². The zero-order chi connectivity index (χ0) is 18.3. The van der Waals surface area contributed by atoms with Crippen LogP contribution in [0.25, 0.3) is 0 Å². The molecule has 1 aliphatic rings. The highest BCUT2D eigenvalue weighted by atomic mass is 19.1. The molecule has 0 aliphatic carbocycles. The smallest absolute Gasteiger partial charge is 0.332 e. The van der Waals surface area contributed by atoms with E-state index in [2.05, 4.69) is 4.98 Å². The molecule has 2 heterocycles. The van der Waals surface area contributed by atoms with Crippen LogP contribution in [0.4, 0.5) is 14.9 Å². The molecule has 1 N–H and O–H groups in total. The van der Waals surface area contributed by atoms with Gasteiger partial charge in [-0.05, 0) is 51.1 Å². The number of urea groups is 1. The monoisotopic (exact) mass is 343 g/mol. The van der Waals surface area contributed by atoms with Crippen molar-refractivity contribution in [2.24, 2.45) is 0 Å². The number of anilines is 1. The molecule has 2 aromatic rings. The maximum absolute atomic E-state index is 13.1. The molecule has 7 heteroatoms. The zero-order valence-corrected chi connectivity index (χ0v) is 14.2. The number of ketones is 1. The topological polar surface area (TPSA) is 73.5 Å². The van der Waals surface area contributed by atoms with Gasteiger partial charge in [0.05, 0.1) is 6.54 Å². The summed E-state index contributed by atoms with van der Waals surface area (Å²) in [5.74, 6) is -1.19. The fraction of sp³-hybridized carbons (Fsp3) is 0.278. The van der Waals surface area contributed by atoms with E-state index in [9.17, 15) is 18.8 Å². The number of H-pyrrole nitrogens is 1. The van der Waals surface area contributed by atoms with Crippen molar-refractivity contribution >= 4 is 23.4 Å². The standard InChI is InChI=1S/C18H18FN3O3/c1-10-8-15(11(2)20-10)16(23)9-21-17(24)12(3)22(18(21)25)14-6-4-13(19)5-7-14/h4-8,12,20H,9H2,1-3H3. The highest BCUT2D eigenvalue weighted by Gasteiger charge is 2.44. The molecular formula is C18H18FN3O3. The quantitative estimate of drug-likeness (QED) is 0.685. The van der Waals surface area contributed by atoms with Crippen LogP contribution >= 0.6 is 0 Å². The molecule has 3 rings (SSSR count). The number of rotatable bonds is 4. The lowest BCUT2D eigenvalue weighted by atomic mass is 10.1. The second-order valence-electron chi connectivity index (χ2n) is 6.14. The Balaban J connectivity index is 1.84. The average molecular weight is 343 g/mol. The van der Waals surface area contributed by atoms with E-state index in [1.807, 2.05) is 6.92 Å². The van der Waals surface area contributed by atoms with E-state index < -0.39 is 23.8 Å². The fourth-order valence-corrected chi connectivity index (χ4v) is 3.05. The normalized spacial score (nSPS) is 17.5. The van der Waals surface area contributed by atoms with Crippen LogP contribution < -0.4 is 4.90 Å². The summed E-state index contributed by atoms with van der Waals surface area (Å²) in [5, 5.41) is 0. The van der Waals surface area contributed by atoms with Crippen molar-refractivity contribution in [2.75, 3.05) is 11.4 Å². The van der Waals surface area contributed by atoms with Crippen LogP contribution in [0.15, 0.2) is 30.3 Å². The number of nitrogens with zero attached hydrogens (tertiary/aromatic N) is 2. The van der Waals surface area contributed by atoms with Crippen molar-refractivity contribution in [1.29, 1.82) is 0 Å². The molecule has 1 aromatic carbocycles. The maximum Gasteiger partial charge on any atom is 0.332 e. The largest absolute Gasteiger partial charge is 0.362 e. The molecule has 1 atom stereocenters. The van der Waals surface area contributed by atoms with Crippen LogP contribution in [0.2, 0.25) is 0 Å². The number of benzene rings is 1. The van der Waals surface area contributed by atoms with E-state index in [-0.39, 0.29) is 12.3 Å². The van der Waals surface area contributed by atoms with Crippen LogP contribution in [0.3, 0.4) is 0 Å². The van der Waals surface area contributed by atoms with Crippen molar-refractivity contribution in [1.82, 2.24) is 9.88 Å². The number of hydrogen-bond donors (Lipinski definition) is 1. The number of aromatic amines is 1. The third-order valence-electron chi connectivity index (χ3n) is 4.30. The van der Waals surface area contributed by atoms with Gasteiger partial charge in [-0.15, -0.1) is 0 Å². The van der Waals surface area contributed by atoms with Gasteiger partial charge in [0.1, 0.15) is 11.9 Å². The van der Waals surface area contributed by atoms with Gasteiger partial charge in [-0.3, -0.25) is 19.4 Å². The van der Waals surface area contributed by atoms with E-state index in [1.54, 1.807) is 19.9 Å². The van der Waals surface area contributed by atoms with Crippen molar-refractivity contribution in [2.45, 2.75) is 26.8 Å². The number of carbonyl (C=O) groups is 3. The van der Waals surface area contributed by atoms with Gasteiger partial charge in [0.15, 0.2) is 5.78 Å². The summed E-state index contributed by atoms with van der Waals surface area (Å²) in [4.78, 5) is 42.8. The molecule has 6 nitrogen and oxygen atoms in total. The molecule has 1 saturated heterocycles. The molecular weight excluding hydrogens is 325 g/mol. The lowest BCUT2D eigenvalue weighted by Crippen LogP contribution is -2.37. The van der Waals surface area contributed by atoms with Crippen molar-refractivity contribution in [3.05, 3.63) is 53.1 Å². The molecule has 0 saturated carbocycles. The van der Waals surface area contributed by atoms with E-state index in [0.717, 1.165) is 10.6 Å². The second-order valence-corrected chi connectivity index (χ2v) is 6.14. The number of imide groups is 1. The minimum Gasteiger partial charge on any atom is -0.362 e. The van der Waals surface area contributed by atoms with Crippen molar-refractivity contribution < 1.29 is 18.8 Å². The Kier molecular flexibility index (Phi) is 4.16. The van der Waals surface area contributed by atoms with Crippen LogP contribution in [0, 0.1) is 19.7 Å². The Morgan fingerprint density at radius 2 is 1.84 bits per heavy atom. The summed E-state index contributed by atoms with van der Waals surface area (Å²) < 4.78 is 13.1. The van der Waals surface area contributed by atoms with Gasteiger partial charge in [0, 0.05) is 22.6 Å². The van der Waals surface area contributed by atoms with Gasteiger partial charge in [0.2, 0.25) is 0 Å². The van der Waals surface area contributed by atoms with Gasteiger partial charge in [0.25, 0.3) is 5.91 Å². The summed E-state index contributed by atoms with van der Waals surface area (Å²) in [7, 11) is 0. The first-order valence-electron chi connectivity index (χ1n) is 7.89. The third kappa shape index (κ3) is 2.93. The Morgan fingerprint density at radius 1 is 1.20 bits per heavy atom. The summed E-state index contributed by atoms with van der Waals surface area (Å²) >= 11 is 0. The molecule has 0 bridgehead atoms. The molecule has 25 heavy (non-hydrogen) atoms. The van der Waals surface area contributed by atoms with Gasteiger partial charge in [-0.1, -0.05) is 0 Å². The predicted octanol–water partition coefficient (Wildman–Crippen LogP) is 2.81. The minimum absolute atomic E-state index is 0.309. The Labute approximate surface area is 144 Å². The van der Waals surface area contributed by atoms with Crippen molar-refractivity contribution in [3.8, 4) is 0 Å². The Morgan fingerprint density at radius 3 is 2.40 bits per heavy atom. The van der Waals surface area contributed by atoms with Crippen LogP contribution in [-0.2, 0) is 4.79 Å². The number of halogens is 1. The van der Waals surface area contributed by atoms with Crippen molar-refractivity contribution in [3.63, 3.8) is 0 Å². The molecule has 1 aliphatic heterocycles. The van der Waals surface area contributed by atoms with Gasteiger partial charge in [-0.25, -0.2) is 9.18 Å². The first-order valence-corrected chi connectivity index (χ1v) is 7.89. The molecule has 130 valence electrons. The highest BCUT2D eigenvalue weighted by Crippen LogP contribution is 2.26. The van der Waals surface area contributed by atoms with Crippen LogP contribution in [-0.4, -0.2) is 40.2 Å². The van der Waals surface area contributed by atoms with E-state index in [1.165, 1.54) is 29.2 Å². The third-order valence-corrected chi connectivity index (χ3v) is 4.30. The maximum atomic E-state index is 13.1. The van der Waals surface area contributed by atoms with Gasteiger partial charge in [-0.2, -0.15) is 0 Å². The van der Waals surface area contributed by atoms with Gasteiger partial charge < -0.3 is 4.98 Å². The predicted molar refractivity (Wildman–Crippen MR) is 90.0 cm³/mol. The molecule has 3 amide bonds. The summed E-state index contributed by atoms with van der Waals surface area (Å²) in [6.45, 7) is 4.85. The molecule has 1 fully saturated rings. The molecule has 1 unspecified atom stereocenters. The molecule has 0 radical (unpaired) electrons. The number of amides is 3. The number of aromatic nitrogens is 1. The summed E-state index contributed by atoms with van der Waals surface area (Å²) in [5.41, 5.74) is 2.41. The van der Waals surface area contributed by atoms with E-state index >= 15 is 0 Å². The number of nitrogens with one attached hydrogen (secondary N) is 1. The fourth-order valence-electron chi connectivity index (χ4n) is 3.05. The first-order chi connectivity index (χ1) is 11.8. The lowest BCUT2D eigenvalue weighted by molar-refractivity contribution is -0.126. The van der Waals surface area contributed by atoms with E-state index in [4.69, 9.17) is 0 Å². The lowest BCUT2D eigenvalue weighted by Gasteiger charge is -2.19. The number of aryl methyl sites for hydroxylation is 2. The highest BCUT2D eigenvalue weighted by molar-refractivity contribution is 6.16. The number of Topliss-reactive ketones (excluding diaryl/α,β-unsaturated/α-hetero) is 1. The summed E-state index contributed by atoms with van der Waals surface area (Å²) in [6.07, 6.45) is 0. The number of carbonyl (C=O) groups excluding carboxylic acids is 3. The Hall–Kier alpha value is -2.96. The number of hydrogen-bond acceptors (Lipinski definition) is 3. The minimum atomic E-state index is -0.750. The second kappa shape index (κ2) is 6.16. The SMILES string of the molecule is Cc1cc(C(=O)CN2C(=O)C(C)N(c3ccc(F)cc3)C2=O)c(C)[nH]1. The Bertz CT molecular complexity index is 857.